The number of aromatic hydroxyl groups is 1. The fraction of sp³-hybridized carbons (Fsp3) is 0.625. The summed E-state index contributed by atoms with van der Waals surface area (Å²) in [6.07, 6.45) is 6.87. The third-order valence-electron chi connectivity index (χ3n) is 4.72. The van der Waals surface area contributed by atoms with Gasteiger partial charge in [0.05, 0.1) is 0 Å². The van der Waals surface area contributed by atoms with Crippen LogP contribution >= 0.6 is 0 Å². The van der Waals surface area contributed by atoms with Crippen molar-refractivity contribution in [2.45, 2.75) is 38.0 Å². The quantitative estimate of drug-likeness (QED) is 0.863. The lowest BCUT2D eigenvalue weighted by Gasteiger charge is -2.37. The Balaban J connectivity index is 1.57. The van der Waals surface area contributed by atoms with Crippen LogP contribution in [0, 0.1) is 0 Å². The SMILES string of the molecule is Oc1ccc(C2CCCN([SiH2]N3CCCCC3)C2)cc1. The van der Waals surface area contributed by atoms with Crippen molar-refractivity contribution in [2.75, 3.05) is 26.2 Å². The molecule has 1 unspecified atom stereocenters. The van der Waals surface area contributed by atoms with Gasteiger partial charge in [-0.2, -0.15) is 0 Å². The summed E-state index contributed by atoms with van der Waals surface area (Å²) in [7, 11) is -0.207. The van der Waals surface area contributed by atoms with Crippen LogP contribution in [-0.4, -0.2) is 50.3 Å². The minimum Gasteiger partial charge on any atom is -0.508 e. The number of phenolic OH excluding ortho intramolecular Hbond substituents is 1. The summed E-state index contributed by atoms with van der Waals surface area (Å²) in [5.74, 6) is 1.05. The molecular formula is C16H26N2OSi. The predicted octanol–water partition coefficient (Wildman–Crippen LogP) is 2.06. The van der Waals surface area contributed by atoms with Crippen molar-refractivity contribution in [1.29, 1.82) is 0 Å². The zero-order chi connectivity index (χ0) is 13.8. The minimum atomic E-state index is -0.207. The molecule has 0 spiro atoms. The zero-order valence-electron chi connectivity index (χ0n) is 12.3. The second-order valence-electron chi connectivity index (χ2n) is 6.33. The summed E-state index contributed by atoms with van der Waals surface area (Å²) in [6, 6.07) is 7.87. The van der Waals surface area contributed by atoms with E-state index in [9.17, 15) is 5.11 Å². The second-order valence-corrected chi connectivity index (χ2v) is 8.40. The van der Waals surface area contributed by atoms with Crippen LogP contribution in [0.15, 0.2) is 24.3 Å². The van der Waals surface area contributed by atoms with Gasteiger partial charge in [0.25, 0.3) is 0 Å². The lowest BCUT2D eigenvalue weighted by atomic mass is 9.92. The molecule has 3 rings (SSSR count). The van der Waals surface area contributed by atoms with E-state index in [0.29, 0.717) is 11.7 Å². The maximum Gasteiger partial charge on any atom is 0.173 e. The molecule has 2 heterocycles. The van der Waals surface area contributed by atoms with Crippen molar-refractivity contribution in [3.05, 3.63) is 29.8 Å². The summed E-state index contributed by atoms with van der Waals surface area (Å²) in [5, 5.41) is 9.41. The standard InChI is InChI=1S/C16H26N2OSi/c19-16-8-6-14(7-9-16)15-5-4-12-18(13-15)20-17-10-2-1-3-11-17/h6-9,15,19H,1-5,10-13,20H2. The molecule has 4 heteroatoms. The number of benzene rings is 1. The van der Waals surface area contributed by atoms with E-state index in [1.54, 1.807) is 0 Å². The van der Waals surface area contributed by atoms with Crippen molar-refractivity contribution >= 4 is 9.84 Å². The molecule has 3 nitrogen and oxygen atoms in total. The Morgan fingerprint density at radius 3 is 2.35 bits per heavy atom. The number of nitrogens with zero attached hydrogens (tertiary/aromatic N) is 2. The topological polar surface area (TPSA) is 26.7 Å². The number of phenols is 1. The average molecular weight is 290 g/mol. The van der Waals surface area contributed by atoms with E-state index in [2.05, 4.69) is 21.3 Å². The number of hydrogen-bond acceptors (Lipinski definition) is 3. The average Bonchev–Trinajstić information content (AvgIpc) is 2.49. The maximum absolute atomic E-state index is 9.41. The van der Waals surface area contributed by atoms with Crippen molar-refractivity contribution < 1.29 is 5.11 Å². The van der Waals surface area contributed by atoms with Gasteiger partial charge in [0, 0.05) is 0 Å². The molecule has 1 atom stereocenters. The second kappa shape index (κ2) is 6.74. The third kappa shape index (κ3) is 3.62. The first kappa shape index (κ1) is 14.1. The highest BCUT2D eigenvalue weighted by molar-refractivity contribution is 6.28. The molecule has 20 heavy (non-hydrogen) atoms. The molecule has 2 aliphatic heterocycles. The fourth-order valence-corrected chi connectivity index (χ4v) is 5.67. The van der Waals surface area contributed by atoms with Crippen molar-refractivity contribution in [3.63, 3.8) is 0 Å². The largest absolute Gasteiger partial charge is 0.508 e. The van der Waals surface area contributed by atoms with Gasteiger partial charge in [0.2, 0.25) is 0 Å². The maximum atomic E-state index is 9.41. The highest BCUT2D eigenvalue weighted by Crippen LogP contribution is 2.27. The van der Waals surface area contributed by atoms with Crippen LogP contribution in [0.25, 0.3) is 0 Å². The van der Waals surface area contributed by atoms with Crippen LogP contribution in [0.5, 0.6) is 5.75 Å². The number of piperidine rings is 2. The molecule has 2 saturated heterocycles. The van der Waals surface area contributed by atoms with Crippen LogP contribution < -0.4 is 0 Å². The summed E-state index contributed by atoms with van der Waals surface area (Å²) < 4.78 is 5.51. The van der Waals surface area contributed by atoms with Gasteiger partial charge in [-0.05, 0) is 75.5 Å². The highest BCUT2D eigenvalue weighted by Gasteiger charge is 2.23. The first-order valence-corrected chi connectivity index (χ1v) is 9.31. The highest BCUT2D eigenvalue weighted by atomic mass is 28.2. The lowest BCUT2D eigenvalue weighted by Crippen LogP contribution is -2.47. The first-order chi connectivity index (χ1) is 9.81. The molecule has 2 aliphatic rings. The Hall–Kier alpha value is -0.843. The van der Waals surface area contributed by atoms with E-state index in [1.807, 2.05) is 12.1 Å². The molecule has 2 fully saturated rings. The van der Waals surface area contributed by atoms with Gasteiger partial charge in [0.15, 0.2) is 9.84 Å². The third-order valence-corrected chi connectivity index (χ3v) is 6.73. The molecule has 1 aromatic carbocycles. The van der Waals surface area contributed by atoms with E-state index in [-0.39, 0.29) is 9.84 Å². The summed E-state index contributed by atoms with van der Waals surface area (Å²) in [5.41, 5.74) is 1.40. The molecule has 1 N–H and O–H groups in total. The molecule has 0 aliphatic carbocycles. The Labute approximate surface area is 124 Å². The van der Waals surface area contributed by atoms with Crippen molar-refractivity contribution in [2.24, 2.45) is 0 Å². The molecule has 110 valence electrons. The predicted molar refractivity (Wildman–Crippen MR) is 85.6 cm³/mol. The number of rotatable bonds is 3. The van der Waals surface area contributed by atoms with Crippen LogP contribution in [-0.2, 0) is 0 Å². The van der Waals surface area contributed by atoms with E-state index >= 15 is 0 Å². The molecule has 0 saturated carbocycles. The molecule has 1 aromatic rings. The fourth-order valence-electron chi connectivity index (χ4n) is 3.59. The van der Waals surface area contributed by atoms with Crippen LogP contribution in [0.2, 0.25) is 0 Å². The van der Waals surface area contributed by atoms with E-state index < -0.39 is 0 Å². The molecule has 0 bridgehead atoms. The van der Waals surface area contributed by atoms with Crippen LogP contribution in [0.1, 0.15) is 43.6 Å². The van der Waals surface area contributed by atoms with Gasteiger partial charge in [-0.1, -0.05) is 18.6 Å². The summed E-state index contributed by atoms with van der Waals surface area (Å²) in [6.45, 7) is 5.21. The van der Waals surface area contributed by atoms with Gasteiger partial charge < -0.3 is 14.2 Å². The monoisotopic (exact) mass is 290 g/mol. The smallest absolute Gasteiger partial charge is 0.173 e. The molecule has 0 aromatic heterocycles. The Bertz CT molecular complexity index is 417. The molecule has 0 amide bonds. The lowest BCUT2D eigenvalue weighted by molar-refractivity contribution is 0.277. The van der Waals surface area contributed by atoms with Gasteiger partial charge in [-0.25, -0.2) is 0 Å². The first-order valence-electron chi connectivity index (χ1n) is 8.05. The Kier molecular flexibility index (Phi) is 4.76. The van der Waals surface area contributed by atoms with Crippen LogP contribution in [0.4, 0.5) is 0 Å². The Morgan fingerprint density at radius 2 is 1.60 bits per heavy atom. The van der Waals surface area contributed by atoms with Crippen molar-refractivity contribution in [1.82, 2.24) is 9.13 Å². The van der Waals surface area contributed by atoms with Gasteiger partial charge in [-0.3, -0.25) is 0 Å². The van der Waals surface area contributed by atoms with Gasteiger partial charge in [-0.15, -0.1) is 0 Å². The molecule has 0 radical (unpaired) electrons. The van der Waals surface area contributed by atoms with Gasteiger partial charge >= 0.3 is 0 Å². The number of hydrogen-bond donors (Lipinski definition) is 1. The summed E-state index contributed by atoms with van der Waals surface area (Å²) in [4.78, 5) is 0. The van der Waals surface area contributed by atoms with Gasteiger partial charge in [0.1, 0.15) is 5.75 Å². The summed E-state index contributed by atoms with van der Waals surface area (Å²) >= 11 is 0. The zero-order valence-corrected chi connectivity index (χ0v) is 13.7. The van der Waals surface area contributed by atoms with E-state index in [0.717, 1.165) is 0 Å². The molecular weight excluding hydrogens is 264 g/mol. The Morgan fingerprint density at radius 1 is 0.900 bits per heavy atom. The minimum absolute atomic E-state index is 0.207. The van der Waals surface area contributed by atoms with Crippen molar-refractivity contribution in [3.8, 4) is 5.75 Å². The van der Waals surface area contributed by atoms with E-state index in [1.165, 1.54) is 63.8 Å². The van der Waals surface area contributed by atoms with Crippen LogP contribution in [0.3, 0.4) is 0 Å². The van der Waals surface area contributed by atoms with E-state index in [4.69, 9.17) is 0 Å². The normalized spacial score (nSPS) is 26.3.